The molecule has 2 rings (SSSR count). The van der Waals surface area contributed by atoms with Crippen LogP contribution in [0.15, 0.2) is 5.16 Å². The summed E-state index contributed by atoms with van der Waals surface area (Å²) in [5, 5.41) is 11.7. The number of carbonyl (C=O) groups excluding carboxylic acids is 2. The molecule has 0 aliphatic rings. The summed E-state index contributed by atoms with van der Waals surface area (Å²) < 4.78 is 6.44. The number of tetrazole rings is 1. The van der Waals surface area contributed by atoms with Crippen molar-refractivity contribution in [3.05, 3.63) is 22.5 Å². The third kappa shape index (κ3) is 3.35. The summed E-state index contributed by atoms with van der Waals surface area (Å²) in [6.07, 6.45) is 0. The number of H-pyrrole nitrogens is 1. The van der Waals surface area contributed by atoms with Crippen LogP contribution in [0.4, 0.5) is 0 Å². The van der Waals surface area contributed by atoms with Crippen molar-refractivity contribution in [2.75, 3.05) is 7.11 Å². The number of aromatic amines is 1. The number of carbonyl (C=O) groups is 2. The molecule has 0 aliphatic heterocycles. The van der Waals surface area contributed by atoms with Crippen LogP contribution in [0.1, 0.15) is 58.9 Å². The van der Waals surface area contributed by atoms with Crippen LogP contribution in [-0.4, -0.2) is 49.3 Å². The number of esters is 1. The highest BCUT2D eigenvalue weighted by Gasteiger charge is 2.27. The molecule has 8 nitrogen and oxygen atoms in total. The maximum Gasteiger partial charge on any atom is 0.339 e. The summed E-state index contributed by atoms with van der Waals surface area (Å²) in [5.74, 6) is -0.571. The topological polar surface area (TPSA) is 103 Å². The fourth-order valence-electron chi connectivity index (χ4n) is 2.41. The third-order valence-corrected chi connectivity index (χ3v) is 4.72. The molecule has 9 heteroatoms. The van der Waals surface area contributed by atoms with Crippen molar-refractivity contribution in [3.63, 3.8) is 0 Å². The number of hydrogen-bond donors (Lipinski definition) is 1. The maximum absolute atomic E-state index is 12.8. The molecular weight excluding hydrogens is 330 g/mol. The zero-order chi connectivity index (χ0) is 18.0. The molecule has 2 heterocycles. The molecule has 0 amide bonds. The number of aryl methyl sites for hydroxylation is 1. The SMILES string of the molecule is COC(=O)c1c(C)[nH]c(C(=O)[C@H](C)Sc2nnnn2C(C)C)c1C. The lowest BCUT2D eigenvalue weighted by Crippen LogP contribution is -2.17. The number of aromatic nitrogens is 5. The molecule has 0 saturated heterocycles. The van der Waals surface area contributed by atoms with Gasteiger partial charge in [-0.25, -0.2) is 9.48 Å². The number of thioether (sulfide) groups is 1. The monoisotopic (exact) mass is 351 g/mol. The van der Waals surface area contributed by atoms with Crippen LogP contribution in [0.3, 0.4) is 0 Å². The van der Waals surface area contributed by atoms with Crippen LogP contribution in [0.2, 0.25) is 0 Å². The molecule has 0 bridgehead atoms. The Morgan fingerprint density at radius 3 is 2.50 bits per heavy atom. The van der Waals surface area contributed by atoms with Crippen LogP contribution < -0.4 is 0 Å². The first-order valence-electron chi connectivity index (χ1n) is 7.54. The molecule has 0 unspecified atom stereocenters. The average Bonchev–Trinajstić information content (AvgIpc) is 3.10. The van der Waals surface area contributed by atoms with Crippen molar-refractivity contribution >= 4 is 23.5 Å². The fraction of sp³-hybridized carbons (Fsp3) is 0.533. The van der Waals surface area contributed by atoms with Crippen LogP contribution in [0, 0.1) is 13.8 Å². The second-order valence-corrected chi connectivity index (χ2v) is 7.05. The first kappa shape index (κ1) is 18.2. The molecule has 0 aliphatic carbocycles. The minimum Gasteiger partial charge on any atom is -0.465 e. The van der Waals surface area contributed by atoms with Gasteiger partial charge >= 0.3 is 5.97 Å². The number of rotatable bonds is 6. The van der Waals surface area contributed by atoms with Gasteiger partial charge in [-0.1, -0.05) is 11.8 Å². The number of nitrogens with zero attached hydrogens (tertiary/aromatic N) is 4. The lowest BCUT2D eigenvalue weighted by atomic mass is 10.1. The summed E-state index contributed by atoms with van der Waals surface area (Å²) in [6, 6.07) is 0.102. The van der Waals surface area contributed by atoms with E-state index < -0.39 is 11.2 Å². The smallest absolute Gasteiger partial charge is 0.339 e. The van der Waals surface area contributed by atoms with E-state index in [1.165, 1.54) is 18.9 Å². The molecule has 1 atom stereocenters. The van der Waals surface area contributed by atoms with E-state index in [1.54, 1.807) is 25.5 Å². The van der Waals surface area contributed by atoms with E-state index in [4.69, 9.17) is 4.74 Å². The molecule has 130 valence electrons. The van der Waals surface area contributed by atoms with Gasteiger partial charge in [0.1, 0.15) is 0 Å². The highest BCUT2D eigenvalue weighted by atomic mass is 32.2. The Labute approximate surface area is 144 Å². The van der Waals surface area contributed by atoms with Gasteiger partial charge in [0, 0.05) is 5.69 Å². The van der Waals surface area contributed by atoms with Crippen LogP contribution in [-0.2, 0) is 4.74 Å². The van der Waals surface area contributed by atoms with Crippen molar-refractivity contribution in [2.45, 2.75) is 51.1 Å². The van der Waals surface area contributed by atoms with Gasteiger partial charge in [0.15, 0.2) is 5.78 Å². The van der Waals surface area contributed by atoms with Gasteiger partial charge in [-0.2, -0.15) is 0 Å². The van der Waals surface area contributed by atoms with Crippen LogP contribution in [0.5, 0.6) is 0 Å². The van der Waals surface area contributed by atoms with Gasteiger partial charge in [-0.3, -0.25) is 4.79 Å². The molecule has 0 fully saturated rings. The molecule has 0 saturated carbocycles. The van der Waals surface area contributed by atoms with E-state index in [1.807, 2.05) is 13.8 Å². The lowest BCUT2D eigenvalue weighted by Gasteiger charge is -2.11. The lowest BCUT2D eigenvalue weighted by molar-refractivity contribution is 0.0599. The predicted octanol–water partition coefficient (Wildman–Crippen LogP) is 2.35. The van der Waals surface area contributed by atoms with Gasteiger partial charge in [0.25, 0.3) is 0 Å². The third-order valence-electron chi connectivity index (χ3n) is 3.68. The molecule has 0 aromatic carbocycles. The zero-order valence-electron chi connectivity index (χ0n) is 14.6. The minimum atomic E-state index is -0.454. The number of methoxy groups -OCH3 is 1. The van der Waals surface area contributed by atoms with Crippen molar-refractivity contribution < 1.29 is 14.3 Å². The molecule has 0 spiro atoms. The highest BCUT2D eigenvalue weighted by molar-refractivity contribution is 8.00. The molecule has 24 heavy (non-hydrogen) atoms. The Kier molecular flexibility index (Phi) is 5.43. The van der Waals surface area contributed by atoms with Crippen molar-refractivity contribution in [2.24, 2.45) is 0 Å². The van der Waals surface area contributed by atoms with E-state index >= 15 is 0 Å². The van der Waals surface area contributed by atoms with Gasteiger partial charge in [-0.05, 0) is 50.6 Å². The normalized spacial score (nSPS) is 12.5. The summed E-state index contributed by atoms with van der Waals surface area (Å²) in [7, 11) is 1.32. The van der Waals surface area contributed by atoms with E-state index in [2.05, 4.69) is 20.5 Å². The Morgan fingerprint density at radius 1 is 1.25 bits per heavy atom. The average molecular weight is 351 g/mol. The van der Waals surface area contributed by atoms with E-state index in [-0.39, 0.29) is 11.8 Å². The number of hydrogen-bond acceptors (Lipinski definition) is 7. The Bertz CT molecular complexity index is 765. The second-order valence-electron chi connectivity index (χ2n) is 5.74. The number of nitrogens with one attached hydrogen (secondary N) is 1. The second kappa shape index (κ2) is 7.16. The summed E-state index contributed by atoms with van der Waals surface area (Å²) in [6.45, 7) is 9.20. The fourth-order valence-corrected chi connectivity index (χ4v) is 3.39. The van der Waals surface area contributed by atoms with Crippen molar-refractivity contribution in [1.82, 2.24) is 25.2 Å². The Balaban J connectivity index is 2.25. The maximum atomic E-state index is 12.8. The van der Waals surface area contributed by atoms with Crippen LogP contribution in [0.25, 0.3) is 0 Å². The van der Waals surface area contributed by atoms with Gasteiger partial charge in [0.05, 0.1) is 29.7 Å². The largest absolute Gasteiger partial charge is 0.465 e. The molecular formula is C15H21N5O3S. The summed E-state index contributed by atoms with van der Waals surface area (Å²) >= 11 is 1.29. The Morgan fingerprint density at radius 2 is 1.92 bits per heavy atom. The van der Waals surface area contributed by atoms with Crippen molar-refractivity contribution in [3.8, 4) is 0 Å². The first-order chi connectivity index (χ1) is 11.3. The number of ether oxygens (including phenoxy) is 1. The minimum absolute atomic E-state index is 0.102. The summed E-state index contributed by atoms with van der Waals surface area (Å²) in [5.41, 5.74) is 2.04. The molecule has 1 N–H and O–H groups in total. The number of ketones is 1. The van der Waals surface area contributed by atoms with Gasteiger partial charge in [-0.15, -0.1) is 5.10 Å². The van der Waals surface area contributed by atoms with E-state index in [0.717, 1.165) is 0 Å². The zero-order valence-corrected chi connectivity index (χ0v) is 15.4. The van der Waals surface area contributed by atoms with E-state index in [0.29, 0.717) is 27.7 Å². The Hall–Kier alpha value is -2.16. The van der Waals surface area contributed by atoms with Crippen molar-refractivity contribution in [1.29, 1.82) is 0 Å². The predicted molar refractivity (Wildman–Crippen MR) is 89.5 cm³/mol. The van der Waals surface area contributed by atoms with E-state index in [9.17, 15) is 9.59 Å². The standard InChI is InChI=1S/C15H21N5O3S/c1-7(2)20-15(17-18-19-20)24-10(5)13(21)12-8(3)11(9(4)16-12)14(22)23-6/h7,10,16H,1-6H3/t10-/m0/s1. The van der Waals surface area contributed by atoms with Gasteiger partial charge < -0.3 is 9.72 Å². The number of Topliss-reactive ketones (excluding diaryl/α,β-unsaturated/α-hetero) is 1. The van der Waals surface area contributed by atoms with Gasteiger partial charge in [0.2, 0.25) is 5.16 Å². The summed E-state index contributed by atoms with van der Waals surface area (Å²) in [4.78, 5) is 27.6. The van der Waals surface area contributed by atoms with Crippen LogP contribution >= 0.6 is 11.8 Å². The molecule has 2 aromatic heterocycles. The molecule has 2 aromatic rings. The molecule has 0 radical (unpaired) electrons. The quantitative estimate of drug-likeness (QED) is 0.484. The first-order valence-corrected chi connectivity index (χ1v) is 8.42. The highest BCUT2D eigenvalue weighted by Crippen LogP contribution is 2.27.